The summed E-state index contributed by atoms with van der Waals surface area (Å²) in [5.41, 5.74) is 0.480. The predicted molar refractivity (Wildman–Crippen MR) is 91.8 cm³/mol. The van der Waals surface area contributed by atoms with Gasteiger partial charge in [-0.2, -0.15) is 0 Å². The van der Waals surface area contributed by atoms with Crippen LogP contribution in [0.25, 0.3) is 0 Å². The molecule has 1 amide bonds. The summed E-state index contributed by atoms with van der Waals surface area (Å²) in [4.78, 5) is 16.8. The van der Waals surface area contributed by atoms with Crippen LogP contribution in [0.5, 0.6) is 5.75 Å². The van der Waals surface area contributed by atoms with Gasteiger partial charge in [-0.1, -0.05) is 13.8 Å². The summed E-state index contributed by atoms with van der Waals surface area (Å²) in [5, 5.41) is 9.38. The van der Waals surface area contributed by atoms with Crippen molar-refractivity contribution in [3.8, 4) is 5.75 Å². The number of carbonyl (C=O) groups is 1. The van der Waals surface area contributed by atoms with Crippen molar-refractivity contribution in [2.45, 2.75) is 25.9 Å². The maximum absolute atomic E-state index is 12.8. The Hall–Kier alpha value is -1.60. The van der Waals surface area contributed by atoms with Gasteiger partial charge in [0.1, 0.15) is 5.75 Å². The van der Waals surface area contributed by atoms with E-state index in [9.17, 15) is 18.3 Å². The third-order valence-corrected chi connectivity index (χ3v) is 6.46. The maximum atomic E-state index is 12.8. The normalized spacial score (nSPS) is 26.5. The van der Waals surface area contributed by atoms with Crippen molar-refractivity contribution in [2.75, 3.05) is 31.1 Å². The molecule has 2 aliphatic rings. The second-order valence-corrected chi connectivity index (χ2v) is 9.30. The molecule has 0 unspecified atom stereocenters. The Morgan fingerprint density at radius 2 is 1.79 bits per heavy atom. The first-order valence-electron chi connectivity index (χ1n) is 8.31. The monoisotopic (exact) mass is 352 g/mol. The molecule has 24 heavy (non-hydrogen) atoms. The molecule has 0 aliphatic carbocycles. The van der Waals surface area contributed by atoms with Crippen molar-refractivity contribution in [1.82, 2.24) is 9.80 Å². The van der Waals surface area contributed by atoms with Crippen molar-refractivity contribution in [1.29, 1.82) is 0 Å². The van der Waals surface area contributed by atoms with Crippen molar-refractivity contribution in [2.24, 2.45) is 5.92 Å². The Kier molecular flexibility index (Phi) is 4.57. The fourth-order valence-corrected chi connectivity index (χ4v) is 5.75. The molecular weight excluding hydrogens is 328 g/mol. The standard InChI is InChI=1S/C17H24N2O4S/c1-12(2)9-18-7-8-19(16-11-24(22,23)10-15(16)18)17(21)13-3-5-14(20)6-4-13/h3-6,12,15-16,20H,7-11H2,1-2H3/t15-,16+/m1/s1. The lowest BCUT2D eigenvalue weighted by Crippen LogP contribution is -2.61. The molecule has 0 bridgehead atoms. The van der Waals surface area contributed by atoms with Gasteiger partial charge >= 0.3 is 0 Å². The van der Waals surface area contributed by atoms with Gasteiger partial charge in [-0.3, -0.25) is 9.69 Å². The van der Waals surface area contributed by atoms with Gasteiger partial charge in [-0.15, -0.1) is 0 Å². The molecule has 1 aromatic carbocycles. The minimum absolute atomic E-state index is 0.0378. The quantitative estimate of drug-likeness (QED) is 0.877. The number of nitrogens with zero attached hydrogens (tertiary/aromatic N) is 2. The molecule has 2 saturated heterocycles. The molecule has 2 fully saturated rings. The van der Waals surface area contributed by atoms with E-state index in [1.165, 1.54) is 12.1 Å². The number of hydrogen-bond acceptors (Lipinski definition) is 5. The first-order chi connectivity index (χ1) is 11.3. The van der Waals surface area contributed by atoms with E-state index < -0.39 is 9.84 Å². The van der Waals surface area contributed by atoms with E-state index in [1.807, 2.05) is 0 Å². The summed E-state index contributed by atoms with van der Waals surface area (Å²) >= 11 is 0. The van der Waals surface area contributed by atoms with Gasteiger partial charge in [-0.25, -0.2) is 8.42 Å². The highest BCUT2D eigenvalue weighted by molar-refractivity contribution is 7.91. The van der Waals surface area contributed by atoms with Gasteiger partial charge in [0.15, 0.2) is 9.84 Å². The topological polar surface area (TPSA) is 77.9 Å². The van der Waals surface area contributed by atoms with Crippen LogP contribution in [0.15, 0.2) is 24.3 Å². The molecule has 2 atom stereocenters. The van der Waals surface area contributed by atoms with Gasteiger partial charge in [0.2, 0.25) is 0 Å². The Balaban J connectivity index is 1.85. The summed E-state index contributed by atoms with van der Waals surface area (Å²) in [6, 6.07) is 5.71. The number of sulfone groups is 1. The number of aromatic hydroxyl groups is 1. The Morgan fingerprint density at radius 3 is 2.42 bits per heavy atom. The smallest absolute Gasteiger partial charge is 0.254 e. The molecule has 3 rings (SSSR count). The number of piperazine rings is 1. The molecule has 132 valence electrons. The van der Waals surface area contributed by atoms with E-state index >= 15 is 0 Å². The lowest BCUT2D eigenvalue weighted by Gasteiger charge is -2.44. The highest BCUT2D eigenvalue weighted by Crippen LogP contribution is 2.29. The summed E-state index contributed by atoms with van der Waals surface area (Å²) in [6.45, 7) is 6.30. The van der Waals surface area contributed by atoms with Crippen molar-refractivity contribution >= 4 is 15.7 Å². The Bertz CT molecular complexity index is 715. The molecule has 1 aromatic rings. The largest absolute Gasteiger partial charge is 0.508 e. The summed E-state index contributed by atoms with van der Waals surface area (Å²) in [6.07, 6.45) is 0. The fourth-order valence-electron chi connectivity index (χ4n) is 3.74. The van der Waals surface area contributed by atoms with Crippen LogP contribution in [0.1, 0.15) is 24.2 Å². The van der Waals surface area contributed by atoms with Crippen LogP contribution in [0.3, 0.4) is 0 Å². The second-order valence-electron chi connectivity index (χ2n) is 7.15. The Morgan fingerprint density at radius 1 is 1.17 bits per heavy atom. The SMILES string of the molecule is CC(C)CN1CCN(C(=O)c2ccc(O)cc2)[C@H]2CS(=O)(=O)C[C@H]21. The van der Waals surface area contributed by atoms with Crippen molar-refractivity contribution in [3.05, 3.63) is 29.8 Å². The molecule has 6 nitrogen and oxygen atoms in total. The van der Waals surface area contributed by atoms with Crippen molar-refractivity contribution < 1.29 is 18.3 Å². The van der Waals surface area contributed by atoms with Gasteiger partial charge in [0.25, 0.3) is 5.91 Å². The number of hydrogen-bond donors (Lipinski definition) is 1. The number of benzene rings is 1. The zero-order chi connectivity index (χ0) is 17.5. The minimum Gasteiger partial charge on any atom is -0.508 e. The second kappa shape index (κ2) is 6.37. The third-order valence-electron chi connectivity index (χ3n) is 4.77. The van der Waals surface area contributed by atoms with Crippen LogP contribution in [-0.4, -0.2) is 72.5 Å². The van der Waals surface area contributed by atoms with Crippen LogP contribution < -0.4 is 0 Å². The maximum Gasteiger partial charge on any atom is 0.254 e. The van der Waals surface area contributed by atoms with Gasteiger partial charge < -0.3 is 10.0 Å². The average molecular weight is 352 g/mol. The number of phenolic OH excluding ortho intramolecular Hbond substituents is 1. The molecule has 2 aliphatic heterocycles. The number of phenols is 1. The molecule has 1 N–H and O–H groups in total. The van der Waals surface area contributed by atoms with E-state index in [2.05, 4.69) is 18.7 Å². The number of rotatable bonds is 3. The molecule has 7 heteroatoms. The van der Waals surface area contributed by atoms with Crippen LogP contribution in [0.4, 0.5) is 0 Å². The Labute approximate surface area is 143 Å². The minimum atomic E-state index is -3.13. The third kappa shape index (κ3) is 3.42. The summed E-state index contributed by atoms with van der Waals surface area (Å²) in [7, 11) is -3.13. The van der Waals surface area contributed by atoms with Crippen LogP contribution in [-0.2, 0) is 9.84 Å². The van der Waals surface area contributed by atoms with Crippen LogP contribution in [0.2, 0.25) is 0 Å². The van der Waals surface area contributed by atoms with Gasteiger partial charge in [0.05, 0.1) is 17.5 Å². The highest BCUT2D eigenvalue weighted by Gasteiger charge is 2.48. The van der Waals surface area contributed by atoms with E-state index in [0.29, 0.717) is 24.6 Å². The van der Waals surface area contributed by atoms with Gasteiger partial charge in [0, 0.05) is 31.2 Å². The van der Waals surface area contributed by atoms with Crippen molar-refractivity contribution in [3.63, 3.8) is 0 Å². The van der Waals surface area contributed by atoms with E-state index in [0.717, 1.165) is 6.54 Å². The molecule has 0 saturated carbocycles. The molecule has 0 spiro atoms. The van der Waals surface area contributed by atoms with Crippen LogP contribution in [0, 0.1) is 5.92 Å². The number of amides is 1. The number of fused-ring (bicyclic) bond motifs is 1. The average Bonchev–Trinajstić information content (AvgIpc) is 2.83. The van der Waals surface area contributed by atoms with Gasteiger partial charge in [-0.05, 0) is 30.2 Å². The van der Waals surface area contributed by atoms with E-state index in [4.69, 9.17) is 0 Å². The van der Waals surface area contributed by atoms with E-state index in [-0.39, 0.29) is 35.2 Å². The summed E-state index contributed by atoms with van der Waals surface area (Å²) < 4.78 is 24.4. The van der Waals surface area contributed by atoms with E-state index in [1.54, 1.807) is 17.0 Å². The molecular formula is C17H24N2O4S. The lowest BCUT2D eigenvalue weighted by molar-refractivity contribution is 0.0297. The molecule has 0 radical (unpaired) electrons. The lowest BCUT2D eigenvalue weighted by atomic mass is 10.0. The zero-order valence-corrected chi connectivity index (χ0v) is 14.9. The fraction of sp³-hybridized carbons (Fsp3) is 0.588. The first kappa shape index (κ1) is 17.2. The molecule has 0 aromatic heterocycles. The summed E-state index contributed by atoms with van der Waals surface area (Å²) in [5.74, 6) is 0.564. The zero-order valence-electron chi connectivity index (χ0n) is 14.1. The van der Waals surface area contributed by atoms with Crippen LogP contribution >= 0.6 is 0 Å². The molecule has 2 heterocycles. The number of carbonyl (C=O) groups excluding carboxylic acids is 1. The highest BCUT2D eigenvalue weighted by atomic mass is 32.2. The first-order valence-corrected chi connectivity index (χ1v) is 10.1. The predicted octanol–water partition coefficient (Wildman–Crippen LogP) is 0.972.